The molecule has 0 spiro atoms. The van der Waals surface area contributed by atoms with Crippen LogP contribution in [0.5, 0.6) is 17.2 Å². The van der Waals surface area contributed by atoms with Crippen LogP contribution in [-0.2, 0) is 23.1 Å². The first-order valence-electron chi connectivity index (χ1n) is 16.9. The first-order chi connectivity index (χ1) is 24.6. The Hall–Kier alpha value is -4.36. The Morgan fingerprint density at radius 1 is 0.980 bits per heavy atom. The first-order valence-corrected chi connectivity index (χ1v) is 19.7. The number of fused-ring (bicyclic) bond motifs is 4. The molecule has 0 radical (unpaired) electrons. The Labute approximate surface area is 307 Å². The number of nitrogens with one attached hydrogen (secondary N) is 3. The Balaban J connectivity index is 1.56. The zero-order chi connectivity index (χ0) is 36.7. The van der Waals surface area contributed by atoms with Crippen molar-refractivity contribution in [2.24, 2.45) is 7.05 Å². The minimum absolute atomic E-state index is 0.207. The lowest BCUT2D eigenvalue weighted by molar-refractivity contribution is -0.123. The number of hydrogen-bond acceptors (Lipinski definition) is 10. The highest BCUT2D eigenvalue weighted by Crippen LogP contribution is 2.50. The minimum Gasteiger partial charge on any atom is -0.493 e. The number of amides is 2. The second kappa shape index (κ2) is 17.2. The third kappa shape index (κ3) is 8.25. The van der Waals surface area contributed by atoms with E-state index in [-0.39, 0.29) is 29.0 Å². The molecule has 1 aliphatic rings. The molecule has 13 heteroatoms. The molecule has 3 atom stereocenters. The third-order valence-corrected chi connectivity index (χ3v) is 10.5. The van der Waals surface area contributed by atoms with Crippen molar-refractivity contribution in [3.8, 4) is 28.4 Å². The Morgan fingerprint density at radius 3 is 2.37 bits per heavy atom. The summed E-state index contributed by atoms with van der Waals surface area (Å²) in [5.41, 5.74) is 4.89. The lowest BCUT2D eigenvalue weighted by Gasteiger charge is -2.23. The summed E-state index contributed by atoms with van der Waals surface area (Å²) in [5.74, 6) is 3.32. The molecule has 0 unspecified atom stereocenters. The van der Waals surface area contributed by atoms with Gasteiger partial charge in [0, 0.05) is 19.5 Å². The molecule has 11 nitrogen and oxygen atoms in total. The smallest absolute Gasteiger partial charge is 0.243 e. The quantitative estimate of drug-likeness (QED) is 0.136. The van der Waals surface area contributed by atoms with Crippen LogP contribution in [0.1, 0.15) is 55.2 Å². The largest absolute Gasteiger partial charge is 0.493 e. The number of nitrogens with zero attached hydrogens (tertiary/aromatic N) is 2. The van der Waals surface area contributed by atoms with E-state index in [9.17, 15) is 14.4 Å². The number of thioether (sulfide) groups is 2. The molecule has 1 heterocycles. The van der Waals surface area contributed by atoms with Crippen molar-refractivity contribution in [2.45, 2.75) is 50.7 Å². The number of para-hydroxylation sites is 2. The molecule has 1 aromatic heterocycles. The number of carbonyl (C=O) groups is 2. The van der Waals surface area contributed by atoms with Crippen LogP contribution in [0.25, 0.3) is 22.2 Å². The molecular formula is C38H47N5O6S2. The van der Waals surface area contributed by atoms with Gasteiger partial charge >= 0.3 is 0 Å². The third-order valence-electron chi connectivity index (χ3n) is 9.23. The summed E-state index contributed by atoms with van der Waals surface area (Å²) in [6.45, 7) is 1.47. The Morgan fingerprint density at radius 2 is 1.71 bits per heavy atom. The molecular weight excluding hydrogens is 687 g/mol. The fraction of sp³-hybridized carbons (Fsp3) is 0.421. The van der Waals surface area contributed by atoms with Crippen LogP contribution < -0.4 is 35.6 Å². The number of benzene rings is 2. The van der Waals surface area contributed by atoms with E-state index < -0.39 is 12.1 Å². The van der Waals surface area contributed by atoms with Crippen LogP contribution in [0.15, 0.2) is 53.3 Å². The second-order valence-corrected chi connectivity index (χ2v) is 14.4. The number of aryl methyl sites for hydroxylation is 2. The van der Waals surface area contributed by atoms with Crippen LogP contribution >= 0.6 is 23.5 Å². The van der Waals surface area contributed by atoms with Crippen LogP contribution in [0, 0.1) is 0 Å². The highest BCUT2D eigenvalue weighted by molar-refractivity contribution is 7.98. The average molecular weight is 734 g/mol. The summed E-state index contributed by atoms with van der Waals surface area (Å²) in [6, 6.07) is 13.5. The predicted octanol–water partition coefficient (Wildman–Crippen LogP) is 5.89. The van der Waals surface area contributed by atoms with Crippen LogP contribution in [0.2, 0.25) is 0 Å². The first kappa shape index (κ1) is 37.9. The number of hydrogen-bond donors (Lipinski definition) is 3. The van der Waals surface area contributed by atoms with Gasteiger partial charge in [-0.3, -0.25) is 14.4 Å². The van der Waals surface area contributed by atoms with Gasteiger partial charge in [-0.2, -0.15) is 23.5 Å². The molecule has 0 saturated carbocycles. The van der Waals surface area contributed by atoms with Gasteiger partial charge in [-0.15, -0.1) is 0 Å². The molecule has 0 aliphatic heterocycles. The van der Waals surface area contributed by atoms with E-state index in [2.05, 4.69) is 16.0 Å². The van der Waals surface area contributed by atoms with Crippen LogP contribution in [0.3, 0.4) is 0 Å². The van der Waals surface area contributed by atoms with Gasteiger partial charge in [0.05, 0.1) is 50.1 Å². The molecule has 0 bridgehead atoms. The maximum absolute atomic E-state index is 14.2. The van der Waals surface area contributed by atoms with Gasteiger partial charge in [-0.1, -0.05) is 18.2 Å². The van der Waals surface area contributed by atoms with Gasteiger partial charge < -0.3 is 34.7 Å². The fourth-order valence-electron chi connectivity index (χ4n) is 6.77. The predicted molar refractivity (Wildman–Crippen MR) is 208 cm³/mol. The van der Waals surface area contributed by atoms with E-state index in [4.69, 9.17) is 19.2 Å². The molecule has 0 saturated heterocycles. The second-order valence-electron chi connectivity index (χ2n) is 12.4. The highest BCUT2D eigenvalue weighted by atomic mass is 32.2. The maximum atomic E-state index is 14.2. The molecule has 3 aromatic carbocycles. The average Bonchev–Trinajstić information content (AvgIpc) is 3.28. The molecule has 2 amide bonds. The van der Waals surface area contributed by atoms with E-state index in [1.54, 1.807) is 57.0 Å². The SMILES string of the molecule is COc1cc2c(c(OC)c1OC)-c1ccc(N[C@@H](CCSC)C(=O)N[C@@H](CCSC)c3nc4ccccc4n3C)c(=O)cc1[C@@H](NC(C)=O)CC2. The normalized spacial score (nSPS) is 14.8. The zero-order valence-corrected chi connectivity index (χ0v) is 31.9. The van der Waals surface area contributed by atoms with Gasteiger partial charge in [-0.05, 0) is 96.7 Å². The Bertz CT molecular complexity index is 1950. The monoisotopic (exact) mass is 733 g/mol. The van der Waals surface area contributed by atoms with E-state index >= 15 is 0 Å². The summed E-state index contributed by atoms with van der Waals surface area (Å²) < 4.78 is 19.3. The number of anilines is 1. The van der Waals surface area contributed by atoms with Crippen molar-refractivity contribution >= 4 is 52.1 Å². The van der Waals surface area contributed by atoms with E-state index in [0.29, 0.717) is 59.8 Å². The van der Waals surface area contributed by atoms with Crippen molar-refractivity contribution in [3.63, 3.8) is 0 Å². The number of ether oxygens (including phenoxy) is 3. The summed E-state index contributed by atoms with van der Waals surface area (Å²) in [7, 11) is 6.66. The van der Waals surface area contributed by atoms with Gasteiger partial charge in [0.25, 0.3) is 0 Å². The molecule has 0 fully saturated rings. The molecule has 4 aromatic rings. The van der Waals surface area contributed by atoms with Crippen LogP contribution in [-0.4, -0.2) is 72.8 Å². The number of rotatable bonds is 15. The molecule has 3 N–H and O–H groups in total. The summed E-state index contributed by atoms with van der Waals surface area (Å²) in [6.07, 6.45) is 6.35. The Kier molecular flexibility index (Phi) is 12.8. The van der Waals surface area contributed by atoms with Gasteiger partial charge in [-0.25, -0.2) is 4.98 Å². The summed E-state index contributed by atoms with van der Waals surface area (Å²) in [4.78, 5) is 45.5. The number of imidazole rings is 1. The van der Waals surface area contributed by atoms with E-state index in [0.717, 1.165) is 33.7 Å². The summed E-state index contributed by atoms with van der Waals surface area (Å²) in [5, 5.41) is 9.63. The molecule has 5 rings (SSSR count). The lowest BCUT2D eigenvalue weighted by atomic mass is 9.95. The zero-order valence-electron chi connectivity index (χ0n) is 30.3. The molecule has 272 valence electrons. The van der Waals surface area contributed by atoms with Crippen molar-refractivity contribution in [1.82, 2.24) is 20.2 Å². The number of aromatic nitrogens is 2. The van der Waals surface area contributed by atoms with Crippen molar-refractivity contribution < 1.29 is 23.8 Å². The molecule has 1 aliphatic carbocycles. The maximum Gasteiger partial charge on any atom is 0.243 e. The lowest BCUT2D eigenvalue weighted by Crippen LogP contribution is -2.43. The van der Waals surface area contributed by atoms with E-state index in [1.165, 1.54) is 6.92 Å². The summed E-state index contributed by atoms with van der Waals surface area (Å²) >= 11 is 3.34. The molecule has 51 heavy (non-hydrogen) atoms. The fourth-order valence-corrected chi connectivity index (χ4v) is 7.71. The van der Waals surface area contributed by atoms with Gasteiger partial charge in [0.1, 0.15) is 11.9 Å². The minimum atomic E-state index is -0.698. The topological polar surface area (TPSA) is 133 Å². The highest BCUT2D eigenvalue weighted by Gasteiger charge is 2.30. The van der Waals surface area contributed by atoms with Crippen LogP contribution in [0.4, 0.5) is 5.69 Å². The standard InChI is InChI=1S/C38H47N5O6S2/c1-22(44)39-26-14-12-23-20-33(47-3)35(48-4)36(49-5)34(23)24-13-15-28(32(45)21-25(24)26)40-30(17-19-51-7)38(46)42-29(16-18-50-6)37-41-27-10-8-9-11-31(27)43(37)2/h8-11,13,15,20-21,26,29-30H,12,14,16-19H2,1-7H3,(H,39,44)(H,40,45)(H,42,46)/t26-,29-,30-/m0/s1. The number of methoxy groups -OCH3 is 3. The van der Waals surface area contributed by atoms with Crippen molar-refractivity contribution in [3.05, 3.63) is 75.7 Å². The van der Waals surface area contributed by atoms with E-state index in [1.807, 2.05) is 60.5 Å². The van der Waals surface area contributed by atoms with Gasteiger partial charge in [0.2, 0.25) is 23.0 Å². The van der Waals surface area contributed by atoms with Gasteiger partial charge in [0.15, 0.2) is 11.5 Å². The van der Waals surface area contributed by atoms with Crippen molar-refractivity contribution in [2.75, 3.05) is 50.7 Å². The van der Waals surface area contributed by atoms with Crippen molar-refractivity contribution in [1.29, 1.82) is 0 Å². The number of carbonyl (C=O) groups excluding carboxylic acids is 2.